The molecule has 0 spiro atoms. The van der Waals surface area contributed by atoms with Crippen LogP contribution in [-0.2, 0) is 9.47 Å². The molecule has 0 aromatic rings. The summed E-state index contributed by atoms with van der Waals surface area (Å²) < 4.78 is 10.5. The lowest BCUT2D eigenvalue weighted by Gasteiger charge is -2.21. The molecule has 0 amide bonds. The van der Waals surface area contributed by atoms with Crippen LogP contribution in [0.1, 0.15) is 19.8 Å². The Labute approximate surface area is 92.3 Å². The van der Waals surface area contributed by atoms with Crippen LogP contribution in [-0.4, -0.2) is 45.1 Å². The lowest BCUT2D eigenvalue weighted by atomic mass is 9.98. The lowest BCUT2D eigenvalue weighted by Crippen LogP contribution is -2.43. The minimum absolute atomic E-state index is 0.264. The second-order valence-electron chi connectivity index (χ2n) is 3.98. The van der Waals surface area contributed by atoms with Crippen molar-refractivity contribution >= 4 is 0 Å². The molecular formula is C10H25N3O2. The summed E-state index contributed by atoms with van der Waals surface area (Å²) in [5, 5.41) is 0. The van der Waals surface area contributed by atoms with E-state index in [0.717, 1.165) is 12.8 Å². The molecule has 0 rings (SSSR count). The van der Waals surface area contributed by atoms with E-state index >= 15 is 0 Å². The van der Waals surface area contributed by atoms with E-state index in [0.29, 0.717) is 39.5 Å². The van der Waals surface area contributed by atoms with E-state index in [4.69, 9.17) is 26.7 Å². The lowest BCUT2D eigenvalue weighted by molar-refractivity contribution is 0.0480. The Morgan fingerprint density at radius 2 is 1.60 bits per heavy atom. The summed E-state index contributed by atoms with van der Waals surface area (Å²) in [6.07, 6.45) is 1.81. The van der Waals surface area contributed by atoms with Crippen LogP contribution in [0.25, 0.3) is 0 Å². The Kier molecular flexibility index (Phi) is 8.94. The molecule has 0 saturated carbocycles. The number of ether oxygens (including phenoxy) is 2. The average Bonchev–Trinajstić information content (AvgIpc) is 2.22. The summed E-state index contributed by atoms with van der Waals surface area (Å²) in [5.41, 5.74) is 16.4. The minimum Gasteiger partial charge on any atom is -0.379 e. The SMILES string of the molecule is CC(N)(CN)CCCOCCOCCN. The van der Waals surface area contributed by atoms with Gasteiger partial charge in [-0.15, -0.1) is 0 Å². The molecule has 0 aliphatic rings. The predicted molar refractivity (Wildman–Crippen MR) is 61.6 cm³/mol. The Hall–Kier alpha value is -0.200. The van der Waals surface area contributed by atoms with Crippen molar-refractivity contribution in [2.45, 2.75) is 25.3 Å². The van der Waals surface area contributed by atoms with E-state index in [1.54, 1.807) is 0 Å². The van der Waals surface area contributed by atoms with Gasteiger partial charge in [0.25, 0.3) is 0 Å². The second-order valence-corrected chi connectivity index (χ2v) is 3.98. The summed E-state index contributed by atoms with van der Waals surface area (Å²) in [4.78, 5) is 0. The molecule has 0 radical (unpaired) electrons. The van der Waals surface area contributed by atoms with Gasteiger partial charge in [-0.05, 0) is 19.8 Å². The summed E-state index contributed by atoms with van der Waals surface area (Å²) >= 11 is 0. The maximum atomic E-state index is 5.88. The third kappa shape index (κ3) is 10.1. The molecular weight excluding hydrogens is 194 g/mol. The average molecular weight is 219 g/mol. The van der Waals surface area contributed by atoms with Crippen LogP contribution in [0.15, 0.2) is 0 Å². The van der Waals surface area contributed by atoms with Crippen molar-refractivity contribution in [1.29, 1.82) is 0 Å². The molecule has 6 N–H and O–H groups in total. The quantitative estimate of drug-likeness (QED) is 0.428. The molecule has 5 heteroatoms. The van der Waals surface area contributed by atoms with Gasteiger partial charge in [-0.2, -0.15) is 0 Å². The third-order valence-corrected chi connectivity index (χ3v) is 2.14. The van der Waals surface area contributed by atoms with Crippen molar-refractivity contribution in [2.75, 3.05) is 39.5 Å². The number of hydrogen-bond acceptors (Lipinski definition) is 5. The van der Waals surface area contributed by atoms with Crippen LogP contribution >= 0.6 is 0 Å². The van der Waals surface area contributed by atoms with Crippen LogP contribution in [0.4, 0.5) is 0 Å². The van der Waals surface area contributed by atoms with Gasteiger partial charge in [0.1, 0.15) is 0 Å². The van der Waals surface area contributed by atoms with Gasteiger partial charge >= 0.3 is 0 Å². The molecule has 0 aromatic carbocycles. The van der Waals surface area contributed by atoms with Crippen LogP contribution < -0.4 is 17.2 Å². The number of hydrogen-bond donors (Lipinski definition) is 3. The van der Waals surface area contributed by atoms with Crippen molar-refractivity contribution in [2.24, 2.45) is 17.2 Å². The zero-order valence-corrected chi connectivity index (χ0v) is 9.71. The summed E-state index contributed by atoms with van der Waals surface area (Å²) in [6.45, 7) is 5.54. The van der Waals surface area contributed by atoms with Gasteiger partial charge in [0.05, 0.1) is 19.8 Å². The third-order valence-electron chi connectivity index (χ3n) is 2.14. The van der Waals surface area contributed by atoms with Gasteiger partial charge in [0.2, 0.25) is 0 Å². The van der Waals surface area contributed by atoms with E-state index in [1.165, 1.54) is 0 Å². The first kappa shape index (κ1) is 14.8. The molecule has 1 unspecified atom stereocenters. The van der Waals surface area contributed by atoms with Crippen LogP contribution in [0, 0.1) is 0 Å². The summed E-state index contributed by atoms with van der Waals surface area (Å²) in [5.74, 6) is 0. The Morgan fingerprint density at radius 1 is 1.00 bits per heavy atom. The van der Waals surface area contributed by atoms with Gasteiger partial charge in [0, 0.05) is 25.2 Å². The highest BCUT2D eigenvalue weighted by molar-refractivity contribution is 4.78. The molecule has 92 valence electrons. The minimum atomic E-state index is -0.264. The maximum Gasteiger partial charge on any atom is 0.0701 e. The highest BCUT2D eigenvalue weighted by Crippen LogP contribution is 2.06. The Bertz CT molecular complexity index is 143. The number of rotatable bonds is 10. The standard InChI is InChI=1S/C10H25N3O2/c1-10(13,9-12)3-2-5-14-7-8-15-6-4-11/h2-9,11-13H2,1H3. The molecule has 15 heavy (non-hydrogen) atoms. The predicted octanol–water partition coefficient (Wildman–Crippen LogP) is -0.565. The Morgan fingerprint density at radius 3 is 2.13 bits per heavy atom. The monoisotopic (exact) mass is 219 g/mol. The first-order valence-corrected chi connectivity index (χ1v) is 5.47. The van der Waals surface area contributed by atoms with Gasteiger partial charge < -0.3 is 26.7 Å². The highest BCUT2D eigenvalue weighted by Gasteiger charge is 2.14. The first-order chi connectivity index (χ1) is 7.12. The molecule has 0 fully saturated rings. The van der Waals surface area contributed by atoms with E-state index in [2.05, 4.69) is 0 Å². The molecule has 5 nitrogen and oxygen atoms in total. The molecule has 1 atom stereocenters. The van der Waals surface area contributed by atoms with E-state index in [9.17, 15) is 0 Å². The zero-order chi connectivity index (χ0) is 11.6. The van der Waals surface area contributed by atoms with Crippen LogP contribution in [0.3, 0.4) is 0 Å². The number of nitrogens with two attached hydrogens (primary N) is 3. The van der Waals surface area contributed by atoms with E-state index in [-0.39, 0.29) is 5.54 Å². The second kappa shape index (κ2) is 9.06. The topological polar surface area (TPSA) is 96.5 Å². The van der Waals surface area contributed by atoms with Crippen LogP contribution in [0.2, 0.25) is 0 Å². The summed E-state index contributed by atoms with van der Waals surface area (Å²) in [7, 11) is 0. The molecule has 0 aromatic heterocycles. The smallest absolute Gasteiger partial charge is 0.0701 e. The van der Waals surface area contributed by atoms with E-state index in [1.807, 2.05) is 6.92 Å². The van der Waals surface area contributed by atoms with Crippen molar-refractivity contribution in [1.82, 2.24) is 0 Å². The van der Waals surface area contributed by atoms with Crippen LogP contribution in [0.5, 0.6) is 0 Å². The van der Waals surface area contributed by atoms with Gasteiger partial charge in [-0.1, -0.05) is 0 Å². The van der Waals surface area contributed by atoms with Gasteiger partial charge in [-0.25, -0.2) is 0 Å². The molecule has 0 aliphatic carbocycles. The van der Waals surface area contributed by atoms with Crippen molar-refractivity contribution in [3.8, 4) is 0 Å². The Balaban J connectivity index is 3.11. The van der Waals surface area contributed by atoms with Gasteiger partial charge in [-0.3, -0.25) is 0 Å². The fraction of sp³-hybridized carbons (Fsp3) is 1.00. The van der Waals surface area contributed by atoms with Crippen molar-refractivity contribution in [3.05, 3.63) is 0 Å². The fourth-order valence-corrected chi connectivity index (χ4v) is 1.09. The van der Waals surface area contributed by atoms with E-state index < -0.39 is 0 Å². The van der Waals surface area contributed by atoms with Crippen molar-refractivity contribution < 1.29 is 9.47 Å². The normalized spacial score (nSPS) is 15.2. The zero-order valence-electron chi connectivity index (χ0n) is 9.71. The molecule has 0 heterocycles. The van der Waals surface area contributed by atoms with Gasteiger partial charge in [0.15, 0.2) is 0 Å². The fourth-order valence-electron chi connectivity index (χ4n) is 1.09. The summed E-state index contributed by atoms with van der Waals surface area (Å²) in [6, 6.07) is 0. The molecule has 0 aliphatic heterocycles. The first-order valence-electron chi connectivity index (χ1n) is 5.47. The molecule has 0 bridgehead atoms. The van der Waals surface area contributed by atoms with Crippen molar-refractivity contribution in [3.63, 3.8) is 0 Å². The largest absolute Gasteiger partial charge is 0.379 e. The maximum absolute atomic E-state index is 5.88. The molecule has 0 saturated heterocycles. The highest BCUT2D eigenvalue weighted by atomic mass is 16.5.